The highest BCUT2D eigenvalue weighted by atomic mass is 32.2. The molecule has 1 aliphatic heterocycles. The lowest BCUT2D eigenvalue weighted by Gasteiger charge is -2.30. The summed E-state index contributed by atoms with van der Waals surface area (Å²) in [6.45, 7) is 7.52. The minimum atomic E-state index is -0.967. The molecular formula is C19H32N4OS. The molecule has 5 nitrogen and oxygen atoms in total. The average molecular weight is 365 g/mol. The molecule has 0 aromatic heterocycles. The van der Waals surface area contributed by atoms with Crippen LogP contribution >= 0.6 is 0 Å². The van der Waals surface area contributed by atoms with Crippen molar-refractivity contribution in [1.82, 2.24) is 15.5 Å². The smallest absolute Gasteiger partial charge is 0.191 e. The number of piperidine rings is 1. The molecule has 0 saturated carbocycles. The number of benzene rings is 1. The Labute approximate surface area is 154 Å². The first kappa shape index (κ1) is 19.9. The van der Waals surface area contributed by atoms with Gasteiger partial charge in [-0.15, -0.1) is 0 Å². The van der Waals surface area contributed by atoms with Crippen molar-refractivity contribution in [2.75, 3.05) is 45.5 Å². The van der Waals surface area contributed by atoms with Crippen molar-refractivity contribution < 1.29 is 4.21 Å². The number of nitrogens with one attached hydrogen (secondary N) is 2. The SMILES string of the molecule is CN=C(NCCCN1CCC(C)CC1)NCCS(=O)c1ccccc1. The van der Waals surface area contributed by atoms with E-state index in [-0.39, 0.29) is 0 Å². The Kier molecular flexibility index (Phi) is 8.97. The van der Waals surface area contributed by atoms with Gasteiger partial charge in [-0.2, -0.15) is 0 Å². The van der Waals surface area contributed by atoms with E-state index in [2.05, 4.69) is 27.4 Å². The summed E-state index contributed by atoms with van der Waals surface area (Å²) in [6.07, 6.45) is 3.77. The number of hydrogen-bond acceptors (Lipinski definition) is 3. The van der Waals surface area contributed by atoms with E-state index >= 15 is 0 Å². The first-order valence-corrected chi connectivity index (χ1v) is 10.6. The maximum absolute atomic E-state index is 12.2. The monoisotopic (exact) mass is 364 g/mol. The lowest BCUT2D eigenvalue weighted by Crippen LogP contribution is -2.41. The maximum atomic E-state index is 12.2. The molecule has 2 N–H and O–H groups in total. The molecule has 1 saturated heterocycles. The highest BCUT2D eigenvalue weighted by molar-refractivity contribution is 7.85. The minimum Gasteiger partial charge on any atom is -0.356 e. The first-order chi connectivity index (χ1) is 12.2. The molecule has 0 bridgehead atoms. The number of aliphatic imine (C=N–C) groups is 1. The summed E-state index contributed by atoms with van der Waals surface area (Å²) in [7, 11) is 0.806. The number of nitrogens with zero attached hydrogens (tertiary/aromatic N) is 2. The van der Waals surface area contributed by atoms with E-state index in [1.165, 1.54) is 25.9 Å². The quantitative estimate of drug-likeness (QED) is 0.421. The molecule has 1 fully saturated rings. The second-order valence-electron chi connectivity index (χ2n) is 6.67. The van der Waals surface area contributed by atoms with Crippen LogP contribution in [0.15, 0.2) is 40.2 Å². The van der Waals surface area contributed by atoms with Crippen LogP contribution in [0.4, 0.5) is 0 Å². The average Bonchev–Trinajstić information content (AvgIpc) is 2.65. The van der Waals surface area contributed by atoms with Gasteiger partial charge in [-0.3, -0.25) is 9.20 Å². The van der Waals surface area contributed by atoms with Crippen molar-refractivity contribution >= 4 is 16.8 Å². The molecule has 1 aromatic rings. The van der Waals surface area contributed by atoms with E-state index in [0.29, 0.717) is 12.3 Å². The van der Waals surface area contributed by atoms with Crippen LogP contribution in [-0.4, -0.2) is 60.6 Å². The molecule has 140 valence electrons. The van der Waals surface area contributed by atoms with Crippen LogP contribution in [0.3, 0.4) is 0 Å². The molecule has 1 aromatic carbocycles. The highest BCUT2D eigenvalue weighted by Crippen LogP contribution is 2.15. The first-order valence-electron chi connectivity index (χ1n) is 9.29. The Morgan fingerprint density at radius 3 is 2.56 bits per heavy atom. The van der Waals surface area contributed by atoms with Gasteiger partial charge >= 0.3 is 0 Å². The minimum absolute atomic E-state index is 0.580. The molecule has 25 heavy (non-hydrogen) atoms. The van der Waals surface area contributed by atoms with Crippen LogP contribution in [0, 0.1) is 5.92 Å². The van der Waals surface area contributed by atoms with Crippen molar-refractivity contribution in [3.05, 3.63) is 30.3 Å². The summed E-state index contributed by atoms with van der Waals surface area (Å²) in [5.41, 5.74) is 0. The number of rotatable bonds is 8. The Hall–Kier alpha value is -1.40. The molecule has 1 aliphatic rings. The van der Waals surface area contributed by atoms with Crippen LogP contribution in [0.2, 0.25) is 0 Å². The number of guanidine groups is 1. The van der Waals surface area contributed by atoms with Gasteiger partial charge in [0.15, 0.2) is 5.96 Å². The largest absolute Gasteiger partial charge is 0.356 e. The summed E-state index contributed by atoms with van der Waals surface area (Å²) in [5.74, 6) is 2.26. The van der Waals surface area contributed by atoms with Crippen molar-refractivity contribution in [3.63, 3.8) is 0 Å². The summed E-state index contributed by atoms with van der Waals surface area (Å²) < 4.78 is 12.2. The van der Waals surface area contributed by atoms with Crippen LogP contribution in [0.5, 0.6) is 0 Å². The second-order valence-corrected chi connectivity index (χ2v) is 8.24. The van der Waals surface area contributed by atoms with Crippen molar-refractivity contribution in [3.8, 4) is 0 Å². The number of likely N-dealkylation sites (tertiary alicyclic amines) is 1. The second kappa shape index (κ2) is 11.3. The van der Waals surface area contributed by atoms with Gasteiger partial charge in [0.1, 0.15) is 0 Å². The van der Waals surface area contributed by atoms with Gasteiger partial charge in [-0.25, -0.2) is 0 Å². The molecule has 1 atom stereocenters. The normalized spacial score (nSPS) is 18.1. The Bertz CT molecular complexity index is 542. The fourth-order valence-electron chi connectivity index (χ4n) is 2.97. The Morgan fingerprint density at radius 1 is 1.20 bits per heavy atom. The highest BCUT2D eigenvalue weighted by Gasteiger charge is 2.14. The summed E-state index contributed by atoms with van der Waals surface area (Å²) in [4.78, 5) is 7.67. The lowest BCUT2D eigenvalue weighted by molar-refractivity contribution is 0.191. The fourth-order valence-corrected chi connectivity index (χ4v) is 3.95. The third-order valence-electron chi connectivity index (χ3n) is 4.63. The van der Waals surface area contributed by atoms with Crippen molar-refractivity contribution in [2.45, 2.75) is 31.1 Å². The van der Waals surface area contributed by atoms with Crippen LogP contribution in [-0.2, 0) is 10.8 Å². The zero-order valence-electron chi connectivity index (χ0n) is 15.5. The predicted molar refractivity (Wildman–Crippen MR) is 107 cm³/mol. The van der Waals surface area contributed by atoms with E-state index in [4.69, 9.17) is 0 Å². The van der Waals surface area contributed by atoms with Gasteiger partial charge in [0.05, 0.1) is 10.8 Å². The van der Waals surface area contributed by atoms with Crippen LogP contribution in [0.1, 0.15) is 26.2 Å². The zero-order chi connectivity index (χ0) is 17.9. The van der Waals surface area contributed by atoms with E-state index in [0.717, 1.165) is 36.3 Å². The molecule has 1 unspecified atom stereocenters. The lowest BCUT2D eigenvalue weighted by atomic mass is 9.99. The maximum Gasteiger partial charge on any atom is 0.191 e. The van der Waals surface area contributed by atoms with Crippen molar-refractivity contribution in [1.29, 1.82) is 0 Å². The summed E-state index contributed by atoms with van der Waals surface area (Å²) >= 11 is 0. The Morgan fingerprint density at radius 2 is 1.88 bits per heavy atom. The molecule has 6 heteroatoms. The van der Waals surface area contributed by atoms with Crippen LogP contribution < -0.4 is 10.6 Å². The molecule has 2 rings (SSSR count). The van der Waals surface area contributed by atoms with E-state index < -0.39 is 10.8 Å². The van der Waals surface area contributed by atoms with Crippen molar-refractivity contribution in [2.24, 2.45) is 10.9 Å². The summed E-state index contributed by atoms with van der Waals surface area (Å²) in [5, 5.41) is 6.59. The van der Waals surface area contributed by atoms with E-state index in [1.54, 1.807) is 7.05 Å². The van der Waals surface area contributed by atoms with Crippen LogP contribution in [0.25, 0.3) is 0 Å². The van der Waals surface area contributed by atoms with Gasteiger partial charge in [-0.1, -0.05) is 25.1 Å². The van der Waals surface area contributed by atoms with Gasteiger partial charge in [0.25, 0.3) is 0 Å². The molecular weight excluding hydrogens is 332 g/mol. The third-order valence-corrected chi connectivity index (χ3v) is 6.00. The van der Waals surface area contributed by atoms with Gasteiger partial charge in [0.2, 0.25) is 0 Å². The standard InChI is InChI=1S/C19H32N4OS/c1-17-9-14-23(15-10-17)13-6-11-21-19(20-2)22-12-16-25(24)18-7-4-3-5-8-18/h3-5,7-8,17H,6,9-16H2,1-2H3,(H2,20,21,22). The zero-order valence-corrected chi connectivity index (χ0v) is 16.4. The molecule has 0 radical (unpaired) electrons. The summed E-state index contributed by atoms with van der Waals surface area (Å²) in [6, 6.07) is 9.60. The number of hydrogen-bond donors (Lipinski definition) is 2. The Balaban J connectivity index is 1.57. The van der Waals surface area contributed by atoms with Gasteiger partial charge < -0.3 is 15.5 Å². The molecule has 0 aliphatic carbocycles. The molecule has 0 amide bonds. The van der Waals surface area contributed by atoms with Gasteiger partial charge in [0, 0.05) is 30.8 Å². The topological polar surface area (TPSA) is 56.7 Å². The predicted octanol–water partition coefficient (Wildman–Crippen LogP) is 2.08. The molecule has 1 heterocycles. The third kappa shape index (κ3) is 7.57. The van der Waals surface area contributed by atoms with E-state index in [1.807, 2.05) is 30.3 Å². The fraction of sp³-hybridized carbons (Fsp3) is 0.632. The van der Waals surface area contributed by atoms with E-state index in [9.17, 15) is 4.21 Å². The van der Waals surface area contributed by atoms with Gasteiger partial charge in [-0.05, 0) is 56.9 Å². The molecule has 0 spiro atoms.